The van der Waals surface area contributed by atoms with Gasteiger partial charge in [-0.25, -0.2) is 4.39 Å². The van der Waals surface area contributed by atoms with Crippen molar-refractivity contribution in [3.8, 4) is 0 Å². The van der Waals surface area contributed by atoms with E-state index in [0.29, 0.717) is 0 Å². The zero-order valence-corrected chi connectivity index (χ0v) is 17.1. The molecular weight excluding hydrogens is 295 g/mol. The van der Waals surface area contributed by atoms with E-state index in [1.165, 1.54) is 116 Å². The van der Waals surface area contributed by atoms with Crippen LogP contribution in [0.1, 0.15) is 142 Å². The summed E-state index contributed by atoms with van der Waals surface area (Å²) in [5.41, 5.74) is 0. The lowest BCUT2D eigenvalue weighted by Gasteiger charge is -2.04. The van der Waals surface area contributed by atoms with E-state index in [2.05, 4.69) is 6.92 Å². The summed E-state index contributed by atoms with van der Waals surface area (Å²) in [5, 5.41) is 0. The zero-order chi connectivity index (χ0) is 17.7. The Bertz CT molecular complexity index is 212. The van der Waals surface area contributed by atoms with Gasteiger partial charge in [0, 0.05) is 0 Å². The molecule has 1 atom stereocenters. The van der Waals surface area contributed by atoms with E-state index in [9.17, 15) is 4.39 Å². The van der Waals surface area contributed by atoms with Crippen LogP contribution in [0.15, 0.2) is 0 Å². The van der Waals surface area contributed by atoms with Crippen LogP contribution in [0.25, 0.3) is 0 Å². The van der Waals surface area contributed by atoms with E-state index in [1.807, 2.05) is 0 Å². The second-order valence-electron chi connectivity index (χ2n) is 7.93. The van der Waals surface area contributed by atoms with Crippen molar-refractivity contribution in [1.82, 2.24) is 0 Å². The van der Waals surface area contributed by atoms with Crippen LogP contribution in [0.4, 0.5) is 4.39 Å². The summed E-state index contributed by atoms with van der Waals surface area (Å²) >= 11 is 0. The summed E-state index contributed by atoms with van der Waals surface area (Å²) in [6, 6.07) is 0. The van der Waals surface area contributed by atoms with Crippen LogP contribution in [-0.2, 0) is 0 Å². The van der Waals surface area contributed by atoms with Gasteiger partial charge in [-0.15, -0.1) is 0 Å². The normalized spacial score (nSPS) is 12.6. The minimum Gasteiger partial charge on any atom is -0.248 e. The van der Waals surface area contributed by atoms with Crippen molar-refractivity contribution in [2.45, 2.75) is 148 Å². The third-order valence-electron chi connectivity index (χ3n) is 5.21. The molecule has 0 amide bonds. The number of alkyl halides is 1. The summed E-state index contributed by atoms with van der Waals surface area (Å²) in [4.78, 5) is 0. The Morgan fingerprint density at radius 3 is 0.958 bits per heavy atom. The molecule has 0 radical (unpaired) electrons. The predicted molar refractivity (Wildman–Crippen MR) is 109 cm³/mol. The van der Waals surface area contributed by atoms with E-state index in [1.54, 1.807) is 6.92 Å². The molecule has 0 aliphatic heterocycles. The van der Waals surface area contributed by atoms with Crippen molar-refractivity contribution in [2.24, 2.45) is 0 Å². The molecule has 0 nitrogen and oxygen atoms in total. The summed E-state index contributed by atoms with van der Waals surface area (Å²) in [7, 11) is 0. The van der Waals surface area contributed by atoms with Crippen LogP contribution in [0, 0.1) is 0 Å². The first-order valence-electron chi connectivity index (χ1n) is 11.4. The molecule has 0 N–H and O–H groups in total. The number of unbranched alkanes of at least 4 members (excludes halogenated alkanes) is 18. The quantitative estimate of drug-likeness (QED) is 0.193. The van der Waals surface area contributed by atoms with E-state index >= 15 is 0 Å². The van der Waals surface area contributed by atoms with Gasteiger partial charge >= 0.3 is 0 Å². The molecule has 0 aliphatic carbocycles. The summed E-state index contributed by atoms with van der Waals surface area (Å²) in [6.45, 7) is 3.96. The molecule has 0 aromatic rings. The van der Waals surface area contributed by atoms with Crippen molar-refractivity contribution in [2.75, 3.05) is 0 Å². The van der Waals surface area contributed by atoms with Crippen LogP contribution in [0.5, 0.6) is 0 Å². The first-order valence-corrected chi connectivity index (χ1v) is 11.4. The number of hydrogen-bond acceptors (Lipinski definition) is 0. The molecule has 0 rings (SSSR count). The van der Waals surface area contributed by atoms with Crippen LogP contribution < -0.4 is 0 Å². The van der Waals surface area contributed by atoms with Crippen molar-refractivity contribution in [3.05, 3.63) is 0 Å². The molecule has 24 heavy (non-hydrogen) atoms. The lowest BCUT2D eigenvalue weighted by Crippen LogP contribution is -1.91. The second-order valence-corrected chi connectivity index (χ2v) is 7.93. The fourth-order valence-corrected chi connectivity index (χ4v) is 3.50. The Morgan fingerprint density at radius 2 is 0.708 bits per heavy atom. The van der Waals surface area contributed by atoms with Gasteiger partial charge in [0.05, 0.1) is 6.17 Å². The molecule has 0 spiro atoms. The highest BCUT2D eigenvalue weighted by atomic mass is 19.1. The van der Waals surface area contributed by atoms with Gasteiger partial charge in [0.1, 0.15) is 0 Å². The van der Waals surface area contributed by atoms with Crippen LogP contribution in [0.3, 0.4) is 0 Å². The average Bonchev–Trinajstić information content (AvgIpc) is 2.56. The van der Waals surface area contributed by atoms with Crippen molar-refractivity contribution < 1.29 is 4.39 Å². The fraction of sp³-hybridized carbons (Fsp3) is 1.00. The Morgan fingerprint density at radius 1 is 0.458 bits per heavy atom. The van der Waals surface area contributed by atoms with E-state index in [0.717, 1.165) is 12.8 Å². The van der Waals surface area contributed by atoms with Gasteiger partial charge in [0.15, 0.2) is 0 Å². The third-order valence-corrected chi connectivity index (χ3v) is 5.21. The van der Waals surface area contributed by atoms with Crippen molar-refractivity contribution >= 4 is 0 Å². The molecule has 0 saturated carbocycles. The molecule has 0 aromatic carbocycles. The smallest absolute Gasteiger partial charge is 0.0973 e. The molecule has 1 unspecified atom stereocenters. The molecule has 0 saturated heterocycles. The van der Waals surface area contributed by atoms with Crippen molar-refractivity contribution in [1.29, 1.82) is 0 Å². The largest absolute Gasteiger partial charge is 0.248 e. The maximum Gasteiger partial charge on any atom is 0.0973 e. The van der Waals surface area contributed by atoms with Gasteiger partial charge in [0.25, 0.3) is 0 Å². The maximum absolute atomic E-state index is 12.6. The molecule has 1 heteroatoms. The molecule has 0 bridgehead atoms. The summed E-state index contributed by atoms with van der Waals surface area (Å²) in [5.74, 6) is 0. The highest BCUT2D eigenvalue weighted by Crippen LogP contribution is 2.15. The average molecular weight is 343 g/mol. The molecule has 0 aromatic heterocycles. The summed E-state index contributed by atoms with van der Waals surface area (Å²) < 4.78 is 12.6. The lowest BCUT2D eigenvalue weighted by molar-refractivity contribution is 0.329. The van der Waals surface area contributed by atoms with Crippen molar-refractivity contribution in [3.63, 3.8) is 0 Å². The topological polar surface area (TPSA) is 0 Å². The van der Waals surface area contributed by atoms with E-state index < -0.39 is 6.17 Å². The summed E-state index contributed by atoms with van der Waals surface area (Å²) in [6.07, 6.45) is 26.7. The van der Waals surface area contributed by atoms with Gasteiger partial charge in [-0.05, 0) is 13.3 Å². The van der Waals surface area contributed by atoms with E-state index in [4.69, 9.17) is 0 Å². The molecule has 0 heterocycles. The minimum absolute atomic E-state index is 0.601. The minimum atomic E-state index is -0.601. The molecule has 0 fully saturated rings. The molecular formula is C23H47F. The fourth-order valence-electron chi connectivity index (χ4n) is 3.50. The second kappa shape index (κ2) is 21.0. The van der Waals surface area contributed by atoms with Gasteiger partial charge in [0.2, 0.25) is 0 Å². The number of halogens is 1. The SMILES string of the molecule is CCCCCCCCCCCCCCCCCCCCCC(C)F. The molecule has 0 aliphatic rings. The Hall–Kier alpha value is -0.0700. The van der Waals surface area contributed by atoms with E-state index in [-0.39, 0.29) is 0 Å². The zero-order valence-electron chi connectivity index (χ0n) is 17.1. The third kappa shape index (κ3) is 21.9. The monoisotopic (exact) mass is 342 g/mol. The highest BCUT2D eigenvalue weighted by molar-refractivity contribution is 4.52. The van der Waals surface area contributed by atoms with Crippen LogP contribution in [0.2, 0.25) is 0 Å². The standard InChI is InChI=1S/C23H47F/c1-3-4-5-6-7-8-9-10-11-12-13-14-15-16-17-18-19-20-21-22-23(2)24/h23H,3-22H2,1-2H3. The van der Waals surface area contributed by atoms with Gasteiger partial charge in [-0.1, -0.05) is 129 Å². The first-order chi connectivity index (χ1) is 11.8. The van der Waals surface area contributed by atoms with Crippen LogP contribution in [-0.4, -0.2) is 6.17 Å². The Kier molecular flexibility index (Phi) is 20.9. The first kappa shape index (κ1) is 23.9. The maximum atomic E-state index is 12.6. The molecule has 146 valence electrons. The highest BCUT2D eigenvalue weighted by Gasteiger charge is 1.98. The lowest BCUT2D eigenvalue weighted by atomic mass is 10.0. The van der Waals surface area contributed by atoms with Gasteiger partial charge in [-0.3, -0.25) is 0 Å². The Balaban J connectivity index is 2.95. The Labute approximate surface area is 153 Å². The van der Waals surface area contributed by atoms with Crippen LogP contribution >= 0.6 is 0 Å². The van der Waals surface area contributed by atoms with Gasteiger partial charge < -0.3 is 0 Å². The van der Waals surface area contributed by atoms with Gasteiger partial charge in [-0.2, -0.15) is 0 Å². The number of hydrogen-bond donors (Lipinski definition) is 0. The number of rotatable bonds is 20. The predicted octanol–water partition coefficient (Wildman–Crippen LogP) is 9.17.